The summed E-state index contributed by atoms with van der Waals surface area (Å²) in [5, 5.41) is 4.99. The van der Waals surface area contributed by atoms with Gasteiger partial charge in [0.2, 0.25) is 6.41 Å². The fraction of sp³-hybridized carbons (Fsp3) is 0.357. The van der Waals surface area contributed by atoms with Crippen molar-refractivity contribution in [3.63, 3.8) is 0 Å². The molecule has 0 radical (unpaired) electrons. The Morgan fingerprint density at radius 1 is 1.22 bits per heavy atom. The van der Waals surface area contributed by atoms with Crippen molar-refractivity contribution in [2.75, 3.05) is 19.7 Å². The lowest BCUT2D eigenvalue weighted by Gasteiger charge is -2.12. The van der Waals surface area contributed by atoms with Gasteiger partial charge < -0.3 is 21.1 Å². The molecule has 3 amide bonds. The van der Waals surface area contributed by atoms with Crippen LogP contribution in [0.2, 0.25) is 0 Å². The molecule has 0 fully saturated rings. The molecule has 0 aliphatic carbocycles. The highest BCUT2D eigenvalue weighted by atomic mass is 79.9. The third-order valence-electron chi connectivity index (χ3n) is 2.78. The second-order valence-electron chi connectivity index (χ2n) is 4.53. The Labute approximate surface area is 150 Å². The van der Waals surface area contributed by atoms with Crippen LogP contribution in [0.5, 0.6) is 5.75 Å². The second kappa shape index (κ2) is 10.2. The van der Waals surface area contributed by atoms with E-state index in [0.717, 1.165) is 14.5 Å². The van der Waals surface area contributed by atoms with Crippen LogP contribution in [0.3, 0.4) is 0 Å². The molecule has 4 N–H and O–H groups in total. The lowest BCUT2D eigenvalue weighted by molar-refractivity contribution is -0.137. The molecule has 0 spiro atoms. The van der Waals surface area contributed by atoms with Gasteiger partial charge >= 0.3 is 11.8 Å². The van der Waals surface area contributed by atoms with Crippen LogP contribution in [0, 0.1) is 0 Å². The molecule has 1 aromatic carbocycles. The minimum atomic E-state index is -1.00. The van der Waals surface area contributed by atoms with E-state index < -0.39 is 11.8 Å². The Morgan fingerprint density at radius 3 is 2.43 bits per heavy atom. The summed E-state index contributed by atoms with van der Waals surface area (Å²) in [6.45, 7) is 1.22. The number of carbonyl (C=O) groups is 3. The van der Waals surface area contributed by atoms with E-state index in [1.807, 2.05) is 12.1 Å². The molecule has 126 valence electrons. The normalized spacial score (nSPS) is 10.0. The van der Waals surface area contributed by atoms with Crippen molar-refractivity contribution in [2.45, 2.75) is 12.8 Å². The van der Waals surface area contributed by atoms with Gasteiger partial charge in [0, 0.05) is 13.1 Å². The number of amides is 3. The van der Waals surface area contributed by atoms with Crippen LogP contribution in [0.1, 0.15) is 12.0 Å². The zero-order valence-electron chi connectivity index (χ0n) is 12.2. The summed E-state index contributed by atoms with van der Waals surface area (Å²) >= 11 is 6.89. The fourth-order valence-corrected chi connectivity index (χ4v) is 3.22. The first-order chi connectivity index (χ1) is 11.0. The van der Waals surface area contributed by atoms with Gasteiger partial charge in [-0.15, -0.1) is 0 Å². The molecular weight excluding hydrogens is 434 g/mol. The highest BCUT2D eigenvalue weighted by molar-refractivity contribution is 9.11. The number of primary amides is 1. The maximum Gasteiger partial charge on any atom is 0.309 e. The van der Waals surface area contributed by atoms with Gasteiger partial charge in [-0.05, 0) is 62.4 Å². The Morgan fingerprint density at radius 2 is 1.87 bits per heavy atom. The zero-order chi connectivity index (χ0) is 17.2. The molecule has 0 saturated carbocycles. The number of hydrogen-bond acceptors (Lipinski definition) is 4. The lowest BCUT2D eigenvalue weighted by atomic mass is 10.1. The van der Waals surface area contributed by atoms with Crippen LogP contribution < -0.4 is 21.1 Å². The lowest BCUT2D eigenvalue weighted by Crippen LogP contribution is -2.36. The first-order valence-corrected chi connectivity index (χ1v) is 8.39. The van der Waals surface area contributed by atoms with E-state index in [0.29, 0.717) is 44.7 Å². The molecule has 0 atom stereocenters. The van der Waals surface area contributed by atoms with Gasteiger partial charge in [0.15, 0.2) is 0 Å². The summed E-state index contributed by atoms with van der Waals surface area (Å²) in [6, 6.07) is 3.84. The van der Waals surface area contributed by atoms with Crippen molar-refractivity contribution in [2.24, 2.45) is 5.73 Å². The molecular formula is C14H17Br2N3O4. The largest absolute Gasteiger partial charge is 0.491 e. The molecule has 0 aromatic heterocycles. The smallest absolute Gasteiger partial charge is 0.309 e. The molecule has 9 heteroatoms. The average molecular weight is 451 g/mol. The van der Waals surface area contributed by atoms with Crippen molar-refractivity contribution in [1.29, 1.82) is 0 Å². The molecule has 1 rings (SSSR count). The highest BCUT2D eigenvalue weighted by Gasteiger charge is 2.10. The molecule has 0 aliphatic heterocycles. The number of rotatable bonds is 9. The minimum absolute atomic E-state index is 0.298. The van der Waals surface area contributed by atoms with Crippen molar-refractivity contribution in [3.8, 4) is 5.75 Å². The summed E-state index contributed by atoms with van der Waals surface area (Å²) in [6.07, 6.45) is 1.90. The Kier molecular flexibility index (Phi) is 8.64. The maximum atomic E-state index is 11.0. The van der Waals surface area contributed by atoms with Crippen LogP contribution >= 0.6 is 31.9 Å². The average Bonchev–Trinajstić information content (AvgIpc) is 2.49. The number of halogens is 2. The molecule has 0 bridgehead atoms. The summed E-state index contributed by atoms with van der Waals surface area (Å²) in [7, 11) is 0. The van der Waals surface area contributed by atoms with Gasteiger partial charge in [-0.1, -0.05) is 0 Å². The molecule has 23 heavy (non-hydrogen) atoms. The first-order valence-electron chi connectivity index (χ1n) is 6.81. The van der Waals surface area contributed by atoms with Crippen molar-refractivity contribution in [1.82, 2.24) is 10.6 Å². The summed E-state index contributed by atoms with van der Waals surface area (Å²) in [5.41, 5.74) is 5.86. The first kappa shape index (κ1) is 19.4. The van der Waals surface area contributed by atoms with E-state index >= 15 is 0 Å². The molecule has 1 aromatic rings. The van der Waals surface area contributed by atoms with Crippen LogP contribution in [-0.4, -0.2) is 37.9 Å². The predicted molar refractivity (Wildman–Crippen MR) is 91.9 cm³/mol. The van der Waals surface area contributed by atoms with Gasteiger partial charge in [-0.2, -0.15) is 0 Å². The number of nitrogens with one attached hydrogen (secondary N) is 2. The quantitative estimate of drug-likeness (QED) is 0.294. The van der Waals surface area contributed by atoms with E-state index in [2.05, 4.69) is 42.5 Å². The number of nitrogens with two attached hydrogens (primary N) is 1. The zero-order valence-corrected chi connectivity index (χ0v) is 15.4. The third kappa shape index (κ3) is 7.00. The van der Waals surface area contributed by atoms with E-state index in [9.17, 15) is 14.4 Å². The molecule has 0 aliphatic rings. The number of hydrogen-bond donors (Lipinski definition) is 3. The Balaban J connectivity index is 2.46. The fourth-order valence-electron chi connectivity index (χ4n) is 1.71. The SMILES string of the molecule is NC(=O)C(=O)NCCCOc1c(Br)cc(CCNC=O)cc1Br. The third-order valence-corrected chi connectivity index (χ3v) is 3.95. The highest BCUT2D eigenvalue weighted by Crippen LogP contribution is 2.35. The van der Waals surface area contributed by atoms with Crippen LogP contribution in [0.15, 0.2) is 21.1 Å². The summed E-state index contributed by atoms with van der Waals surface area (Å²) < 4.78 is 7.23. The van der Waals surface area contributed by atoms with Crippen LogP contribution in [0.4, 0.5) is 0 Å². The van der Waals surface area contributed by atoms with Crippen molar-refractivity contribution >= 4 is 50.1 Å². The van der Waals surface area contributed by atoms with E-state index in [1.165, 1.54) is 0 Å². The molecule has 7 nitrogen and oxygen atoms in total. The Bertz CT molecular complexity index is 558. The summed E-state index contributed by atoms with van der Waals surface area (Å²) in [4.78, 5) is 31.7. The van der Waals surface area contributed by atoms with E-state index in [1.54, 1.807) is 0 Å². The molecule has 0 saturated heterocycles. The molecule has 0 unspecified atom stereocenters. The number of ether oxygens (including phenoxy) is 1. The standard InChI is InChI=1S/C14H17Br2N3O4/c15-10-6-9(2-4-18-8-20)7-11(16)12(10)23-5-1-3-19-14(22)13(17)21/h6-8H,1-5H2,(H2,17,21)(H,18,20)(H,19,22). The topological polar surface area (TPSA) is 111 Å². The van der Waals surface area contributed by atoms with Crippen molar-refractivity contribution in [3.05, 3.63) is 26.6 Å². The predicted octanol–water partition coefficient (Wildman–Crippen LogP) is 0.870. The second-order valence-corrected chi connectivity index (χ2v) is 6.24. The number of carbonyl (C=O) groups excluding carboxylic acids is 3. The monoisotopic (exact) mass is 449 g/mol. The minimum Gasteiger partial charge on any atom is -0.491 e. The van der Waals surface area contributed by atoms with Gasteiger partial charge in [0.1, 0.15) is 5.75 Å². The Hall–Kier alpha value is -1.61. The van der Waals surface area contributed by atoms with Gasteiger partial charge in [0.05, 0.1) is 15.6 Å². The van der Waals surface area contributed by atoms with Gasteiger partial charge in [-0.25, -0.2) is 0 Å². The van der Waals surface area contributed by atoms with E-state index in [-0.39, 0.29) is 0 Å². The summed E-state index contributed by atoms with van der Waals surface area (Å²) in [5.74, 6) is -1.16. The van der Waals surface area contributed by atoms with E-state index in [4.69, 9.17) is 10.5 Å². The van der Waals surface area contributed by atoms with Gasteiger partial charge in [-0.3, -0.25) is 14.4 Å². The number of benzene rings is 1. The van der Waals surface area contributed by atoms with Crippen LogP contribution in [-0.2, 0) is 20.8 Å². The van der Waals surface area contributed by atoms with Crippen molar-refractivity contribution < 1.29 is 19.1 Å². The maximum absolute atomic E-state index is 11.0. The van der Waals surface area contributed by atoms with Gasteiger partial charge in [0.25, 0.3) is 0 Å². The van der Waals surface area contributed by atoms with Crippen LogP contribution in [0.25, 0.3) is 0 Å². The molecule has 0 heterocycles.